The summed E-state index contributed by atoms with van der Waals surface area (Å²) in [5.41, 5.74) is 16.0. The molecule has 8 rings (SSSR count). The lowest BCUT2D eigenvalue weighted by Crippen LogP contribution is -2.19. The SMILES string of the molecule is C=C/C=C(\C=C)N(c1ccc2c(c1)C(C)(C)c1cc(-c3ccc(-c4ccccc4)cc3)ccc1-2)c1cc2c(c3ccccc13)C(C)CC=C2. The maximum absolute atomic E-state index is 4.25. The molecule has 0 saturated carbocycles. The van der Waals surface area contributed by atoms with E-state index in [1.165, 1.54) is 66.4 Å². The van der Waals surface area contributed by atoms with Crippen LogP contribution >= 0.6 is 0 Å². The summed E-state index contributed by atoms with van der Waals surface area (Å²) in [5, 5.41) is 2.56. The summed E-state index contributed by atoms with van der Waals surface area (Å²) in [5.74, 6) is 0.473. The summed E-state index contributed by atoms with van der Waals surface area (Å²) in [6.07, 6.45) is 11.5. The highest BCUT2D eigenvalue weighted by atomic mass is 15.1. The van der Waals surface area contributed by atoms with E-state index < -0.39 is 0 Å². The van der Waals surface area contributed by atoms with Crippen LogP contribution < -0.4 is 4.90 Å². The van der Waals surface area contributed by atoms with Crippen molar-refractivity contribution in [2.45, 2.75) is 38.5 Å². The van der Waals surface area contributed by atoms with Crippen molar-refractivity contribution >= 4 is 28.2 Å². The largest absolute Gasteiger partial charge is 0.310 e. The summed E-state index contributed by atoms with van der Waals surface area (Å²) in [6.45, 7) is 15.4. The fourth-order valence-electron chi connectivity index (χ4n) is 8.10. The molecule has 0 saturated heterocycles. The van der Waals surface area contributed by atoms with Crippen molar-refractivity contribution in [1.29, 1.82) is 0 Å². The van der Waals surface area contributed by atoms with Gasteiger partial charge >= 0.3 is 0 Å². The molecule has 238 valence electrons. The molecule has 1 unspecified atom stereocenters. The first-order valence-electron chi connectivity index (χ1n) is 17.3. The fraction of sp³-hybridized carbons (Fsp3) is 0.125. The molecule has 0 amide bonds. The van der Waals surface area contributed by atoms with Gasteiger partial charge in [-0.25, -0.2) is 0 Å². The van der Waals surface area contributed by atoms with Crippen LogP contribution in [0.25, 0.3) is 50.2 Å². The van der Waals surface area contributed by atoms with Crippen LogP contribution in [0.1, 0.15) is 55.4 Å². The van der Waals surface area contributed by atoms with Gasteiger partial charge in [-0.05, 0) is 110 Å². The highest BCUT2D eigenvalue weighted by Crippen LogP contribution is 2.52. The molecule has 0 fully saturated rings. The molecule has 0 aromatic heterocycles. The van der Waals surface area contributed by atoms with Crippen LogP contribution in [-0.4, -0.2) is 0 Å². The molecule has 2 aliphatic carbocycles. The van der Waals surface area contributed by atoms with Crippen molar-refractivity contribution in [3.63, 3.8) is 0 Å². The van der Waals surface area contributed by atoms with Gasteiger partial charge in [0.25, 0.3) is 0 Å². The number of allylic oxidation sites excluding steroid dienone is 4. The van der Waals surface area contributed by atoms with E-state index in [0.717, 1.165) is 23.5 Å². The predicted octanol–water partition coefficient (Wildman–Crippen LogP) is 13.4. The maximum Gasteiger partial charge on any atom is 0.0546 e. The minimum absolute atomic E-state index is 0.182. The smallest absolute Gasteiger partial charge is 0.0546 e. The van der Waals surface area contributed by atoms with Crippen LogP contribution in [0.15, 0.2) is 164 Å². The Morgan fingerprint density at radius 2 is 1.31 bits per heavy atom. The third-order valence-corrected chi connectivity index (χ3v) is 10.6. The van der Waals surface area contributed by atoms with Gasteiger partial charge in [0.05, 0.1) is 5.69 Å². The summed E-state index contributed by atoms with van der Waals surface area (Å²) in [7, 11) is 0. The number of fused-ring (bicyclic) bond motifs is 6. The van der Waals surface area contributed by atoms with E-state index in [1.54, 1.807) is 0 Å². The summed E-state index contributed by atoms with van der Waals surface area (Å²) in [4.78, 5) is 2.36. The van der Waals surface area contributed by atoms with Gasteiger partial charge < -0.3 is 4.90 Å². The maximum atomic E-state index is 4.25. The molecule has 0 bridgehead atoms. The minimum Gasteiger partial charge on any atom is -0.310 e. The van der Waals surface area contributed by atoms with Crippen molar-refractivity contribution in [1.82, 2.24) is 0 Å². The van der Waals surface area contributed by atoms with Crippen LogP contribution in [-0.2, 0) is 5.41 Å². The lowest BCUT2D eigenvalue weighted by atomic mass is 9.81. The average molecular weight is 632 g/mol. The quantitative estimate of drug-likeness (QED) is 0.158. The lowest BCUT2D eigenvalue weighted by Gasteiger charge is -2.31. The Hall–Kier alpha value is -5.66. The van der Waals surface area contributed by atoms with E-state index in [2.05, 4.69) is 178 Å². The highest BCUT2D eigenvalue weighted by molar-refractivity contribution is 6.02. The van der Waals surface area contributed by atoms with Gasteiger partial charge in [-0.1, -0.05) is 149 Å². The van der Waals surface area contributed by atoms with E-state index in [4.69, 9.17) is 0 Å². The van der Waals surface area contributed by atoms with E-state index in [0.29, 0.717) is 5.92 Å². The van der Waals surface area contributed by atoms with Crippen molar-refractivity contribution in [3.05, 3.63) is 187 Å². The molecule has 0 aliphatic heterocycles. The molecule has 1 nitrogen and oxygen atoms in total. The zero-order chi connectivity index (χ0) is 33.7. The topological polar surface area (TPSA) is 3.24 Å². The molecule has 49 heavy (non-hydrogen) atoms. The number of benzene rings is 6. The van der Waals surface area contributed by atoms with Gasteiger partial charge in [0.15, 0.2) is 0 Å². The zero-order valence-electron chi connectivity index (χ0n) is 28.6. The second-order valence-corrected chi connectivity index (χ2v) is 13.9. The van der Waals surface area contributed by atoms with Gasteiger partial charge in [0, 0.05) is 22.2 Å². The summed E-state index contributed by atoms with van der Waals surface area (Å²) >= 11 is 0. The van der Waals surface area contributed by atoms with Crippen LogP contribution in [0.5, 0.6) is 0 Å². The van der Waals surface area contributed by atoms with Crippen molar-refractivity contribution in [2.75, 3.05) is 4.90 Å². The molecular formula is C48H41N. The first kappa shape index (κ1) is 30.7. The molecule has 0 N–H and O–H groups in total. The Balaban J connectivity index is 1.23. The first-order chi connectivity index (χ1) is 23.9. The molecule has 0 spiro atoms. The number of hydrogen-bond acceptors (Lipinski definition) is 1. The second-order valence-electron chi connectivity index (χ2n) is 13.9. The molecule has 0 heterocycles. The fourth-order valence-corrected chi connectivity index (χ4v) is 8.10. The standard InChI is InChI=1S/C48H41N/c1-6-14-38(7-2)49(46-30-37-18-13-15-32(3)47(37)43-20-12-11-19-42(43)46)39-26-28-41-40-27-25-36(29-44(40)48(4,5)45(41)31-39)35-23-21-34(22-24-35)33-16-9-8-10-17-33/h6-14,16-32H,1-2,15H2,3-5H3/b38-14+. The molecular weight excluding hydrogens is 591 g/mol. The molecule has 2 aliphatic rings. The molecule has 6 aromatic carbocycles. The van der Waals surface area contributed by atoms with Crippen LogP contribution in [0.4, 0.5) is 11.4 Å². The van der Waals surface area contributed by atoms with Crippen molar-refractivity contribution in [2.24, 2.45) is 0 Å². The lowest BCUT2D eigenvalue weighted by molar-refractivity contribution is 0.660. The van der Waals surface area contributed by atoms with Crippen LogP contribution in [0, 0.1) is 0 Å². The zero-order valence-corrected chi connectivity index (χ0v) is 28.6. The Morgan fingerprint density at radius 1 is 0.694 bits per heavy atom. The van der Waals surface area contributed by atoms with Gasteiger partial charge in [0.2, 0.25) is 0 Å². The van der Waals surface area contributed by atoms with E-state index in [9.17, 15) is 0 Å². The van der Waals surface area contributed by atoms with E-state index in [-0.39, 0.29) is 5.41 Å². The number of nitrogens with zero attached hydrogens (tertiary/aromatic N) is 1. The van der Waals surface area contributed by atoms with Crippen LogP contribution in [0.3, 0.4) is 0 Å². The van der Waals surface area contributed by atoms with Crippen molar-refractivity contribution < 1.29 is 0 Å². The summed E-state index contributed by atoms with van der Waals surface area (Å²) in [6, 6.07) is 44.7. The Bertz CT molecular complexity index is 2310. The minimum atomic E-state index is -0.182. The monoisotopic (exact) mass is 631 g/mol. The predicted molar refractivity (Wildman–Crippen MR) is 212 cm³/mol. The van der Waals surface area contributed by atoms with Gasteiger partial charge in [-0.15, -0.1) is 0 Å². The molecule has 6 aromatic rings. The summed E-state index contributed by atoms with van der Waals surface area (Å²) < 4.78 is 0. The Morgan fingerprint density at radius 3 is 2.02 bits per heavy atom. The van der Waals surface area contributed by atoms with Crippen molar-refractivity contribution in [3.8, 4) is 33.4 Å². The second kappa shape index (κ2) is 12.1. The molecule has 0 radical (unpaired) electrons. The molecule has 1 heteroatoms. The number of hydrogen-bond donors (Lipinski definition) is 0. The number of rotatable bonds is 7. The van der Waals surface area contributed by atoms with Gasteiger partial charge in [-0.2, -0.15) is 0 Å². The van der Waals surface area contributed by atoms with E-state index >= 15 is 0 Å². The third kappa shape index (κ3) is 5.09. The third-order valence-electron chi connectivity index (χ3n) is 10.6. The Labute approximate surface area is 290 Å². The normalized spacial score (nSPS) is 15.7. The Kier molecular flexibility index (Phi) is 7.57. The highest BCUT2D eigenvalue weighted by Gasteiger charge is 2.36. The first-order valence-corrected chi connectivity index (χ1v) is 17.3. The average Bonchev–Trinajstić information content (AvgIpc) is 3.36. The van der Waals surface area contributed by atoms with Gasteiger partial charge in [-0.3, -0.25) is 0 Å². The number of anilines is 2. The van der Waals surface area contributed by atoms with Crippen LogP contribution in [0.2, 0.25) is 0 Å². The molecule has 1 atom stereocenters. The van der Waals surface area contributed by atoms with Gasteiger partial charge in [0.1, 0.15) is 0 Å². The van der Waals surface area contributed by atoms with E-state index in [1.807, 2.05) is 12.2 Å².